The highest BCUT2D eigenvalue weighted by Crippen LogP contribution is 2.23. The summed E-state index contributed by atoms with van der Waals surface area (Å²) in [5.41, 5.74) is 3.28. The van der Waals surface area contributed by atoms with Crippen LogP contribution in [-0.4, -0.2) is 29.5 Å². The van der Waals surface area contributed by atoms with E-state index >= 15 is 0 Å². The number of aryl methyl sites for hydroxylation is 1. The van der Waals surface area contributed by atoms with Crippen molar-refractivity contribution in [2.24, 2.45) is 0 Å². The monoisotopic (exact) mass is 381 g/mol. The van der Waals surface area contributed by atoms with Crippen LogP contribution >= 0.6 is 11.6 Å². The Hall–Kier alpha value is -2.92. The number of anilines is 1. The fraction of sp³-hybridized carbons (Fsp3) is 0.190. The van der Waals surface area contributed by atoms with Crippen LogP contribution in [0.3, 0.4) is 0 Å². The van der Waals surface area contributed by atoms with E-state index in [-0.39, 0.29) is 12.5 Å². The molecule has 0 saturated carbocycles. The number of rotatable bonds is 5. The van der Waals surface area contributed by atoms with Crippen LogP contribution in [-0.2, 0) is 4.79 Å². The van der Waals surface area contributed by atoms with Gasteiger partial charge >= 0.3 is 0 Å². The molecule has 0 saturated heterocycles. The number of halogens is 1. The van der Waals surface area contributed by atoms with E-state index in [0.29, 0.717) is 16.7 Å². The first-order chi connectivity index (χ1) is 13.0. The average molecular weight is 382 g/mol. The zero-order chi connectivity index (χ0) is 19.4. The van der Waals surface area contributed by atoms with Crippen LogP contribution in [0, 0.1) is 13.8 Å². The average Bonchev–Trinajstić information content (AvgIpc) is 2.69. The maximum atomic E-state index is 12.5. The molecule has 0 fully saturated rings. The zero-order valence-corrected chi connectivity index (χ0v) is 16.2. The normalized spacial score (nSPS) is 10.5. The van der Waals surface area contributed by atoms with Crippen LogP contribution < -0.4 is 9.64 Å². The highest BCUT2D eigenvalue weighted by atomic mass is 35.5. The Morgan fingerprint density at radius 3 is 2.37 bits per heavy atom. The molecule has 5 nitrogen and oxygen atoms in total. The molecule has 3 aromatic rings. The second-order valence-electron chi connectivity index (χ2n) is 6.15. The quantitative estimate of drug-likeness (QED) is 0.655. The van der Waals surface area contributed by atoms with Crippen molar-refractivity contribution in [1.82, 2.24) is 9.97 Å². The summed E-state index contributed by atoms with van der Waals surface area (Å²) >= 11 is 5.89. The maximum Gasteiger partial charge on any atom is 0.264 e. The van der Waals surface area contributed by atoms with Gasteiger partial charge in [-0.3, -0.25) is 4.79 Å². The molecule has 0 aliphatic heterocycles. The molecule has 0 N–H and O–H groups in total. The molecule has 1 amide bonds. The van der Waals surface area contributed by atoms with Crippen LogP contribution in [0.2, 0.25) is 5.02 Å². The van der Waals surface area contributed by atoms with Crippen LogP contribution in [0.15, 0.2) is 54.6 Å². The largest absolute Gasteiger partial charge is 0.467 e. The van der Waals surface area contributed by atoms with Gasteiger partial charge in [0.05, 0.1) is 0 Å². The van der Waals surface area contributed by atoms with E-state index in [0.717, 1.165) is 22.5 Å². The van der Waals surface area contributed by atoms with Gasteiger partial charge in [0.2, 0.25) is 5.88 Å². The number of amides is 1. The summed E-state index contributed by atoms with van der Waals surface area (Å²) in [6.07, 6.45) is 0. The molecular weight excluding hydrogens is 362 g/mol. The van der Waals surface area contributed by atoms with Gasteiger partial charge in [0.25, 0.3) is 5.91 Å². The van der Waals surface area contributed by atoms with Crippen LogP contribution in [0.5, 0.6) is 5.88 Å². The van der Waals surface area contributed by atoms with Crippen molar-refractivity contribution in [3.8, 4) is 17.3 Å². The Morgan fingerprint density at radius 2 is 1.70 bits per heavy atom. The molecule has 0 radical (unpaired) electrons. The first-order valence-corrected chi connectivity index (χ1v) is 8.89. The van der Waals surface area contributed by atoms with Gasteiger partial charge in [-0.15, -0.1) is 0 Å². The van der Waals surface area contributed by atoms with Gasteiger partial charge in [0.1, 0.15) is 0 Å². The summed E-state index contributed by atoms with van der Waals surface area (Å²) in [6.45, 7) is 3.66. The molecular formula is C21H20ClN3O2. The van der Waals surface area contributed by atoms with Crippen molar-refractivity contribution in [1.29, 1.82) is 0 Å². The Labute approximate surface area is 163 Å². The first-order valence-electron chi connectivity index (χ1n) is 8.51. The smallest absolute Gasteiger partial charge is 0.264 e. The number of likely N-dealkylation sites (N-methyl/N-ethyl adjacent to an activating group) is 1. The molecule has 27 heavy (non-hydrogen) atoms. The van der Waals surface area contributed by atoms with E-state index < -0.39 is 0 Å². The molecule has 0 spiro atoms. The van der Waals surface area contributed by atoms with Crippen molar-refractivity contribution in [2.45, 2.75) is 13.8 Å². The Kier molecular flexibility index (Phi) is 5.72. The van der Waals surface area contributed by atoms with E-state index in [9.17, 15) is 4.79 Å². The molecule has 0 aliphatic carbocycles. The lowest BCUT2D eigenvalue weighted by molar-refractivity contribution is -0.120. The minimum absolute atomic E-state index is 0.120. The lowest BCUT2D eigenvalue weighted by Gasteiger charge is -2.18. The second-order valence-corrected chi connectivity index (χ2v) is 6.58. The topological polar surface area (TPSA) is 55.3 Å². The van der Waals surface area contributed by atoms with Crippen molar-refractivity contribution in [2.75, 3.05) is 18.6 Å². The number of ether oxygens (including phenoxy) is 1. The molecule has 1 heterocycles. The first kappa shape index (κ1) is 18.9. The van der Waals surface area contributed by atoms with E-state index in [1.165, 1.54) is 4.90 Å². The number of carbonyl (C=O) groups excluding carboxylic acids is 1. The Bertz CT molecular complexity index is 944. The fourth-order valence-corrected chi connectivity index (χ4v) is 2.62. The molecule has 0 atom stereocenters. The predicted molar refractivity (Wildman–Crippen MR) is 107 cm³/mol. The number of aromatic nitrogens is 2. The summed E-state index contributed by atoms with van der Waals surface area (Å²) < 4.78 is 5.74. The highest BCUT2D eigenvalue weighted by molar-refractivity contribution is 6.30. The molecule has 1 aromatic heterocycles. The van der Waals surface area contributed by atoms with Gasteiger partial charge in [-0.25, -0.2) is 4.98 Å². The van der Waals surface area contributed by atoms with Gasteiger partial charge in [-0.1, -0.05) is 41.9 Å². The third-order valence-corrected chi connectivity index (χ3v) is 4.55. The molecule has 3 rings (SSSR count). The third kappa shape index (κ3) is 4.44. The molecule has 138 valence electrons. The van der Waals surface area contributed by atoms with Gasteiger partial charge in [-0.2, -0.15) is 4.98 Å². The predicted octanol–water partition coefficient (Wildman–Crippen LogP) is 4.46. The second kappa shape index (κ2) is 8.18. The zero-order valence-electron chi connectivity index (χ0n) is 15.4. The van der Waals surface area contributed by atoms with Crippen molar-refractivity contribution < 1.29 is 9.53 Å². The van der Waals surface area contributed by atoms with Crippen molar-refractivity contribution in [3.05, 3.63) is 70.9 Å². The highest BCUT2D eigenvalue weighted by Gasteiger charge is 2.15. The maximum absolute atomic E-state index is 12.5. The summed E-state index contributed by atoms with van der Waals surface area (Å²) in [6, 6.07) is 16.7. The lowest BCUT2D eigenvalue weighted by atomic mass is 10.2. The summed E-state index contributed by atoms with van der Waals surface area (Å²) in [5, 5.41) is 0.622. The lowest BCUT2D eigenvalue weighted by Crippen LogP contribution is -2.31. The summed E-state index contributed by atoms with van der Waals surface area (Å²) in [7, 11) is 1.70. The summed E-state index contributed by atoms with van der Waals surface area (Å²) in [4.78, 5) is 23.0. The molecule has 6 heteroatoms. The number of nitrogens with zero attached hydrogens (tertiary/aromatic N) is 3. The minimum Gasteiger partial charge on any atom is -0.467 e. The van der Waals surface area contributed by atoms with E-state index in [4.69, 9.17) is 16.3 Å². The minimum atomic E-state index is -0.186. The van der Waals surface area contributed by atoms with Gasteiger partial charge < -0.3 is 9.64 Å². The number of carbonyl (C=O) groups is 1. The fourth-order valence-electron chi connectivity index (χ4n) is 2.49. The molecule has 0 aliphatic rings. The van der Waals surface area contributed by atoms with Crippen LogP contribution in [0.4, 0.5) is 5.69 Å². The van der Waals surface area contributed by atoms with Crippen molar-refractivity contribution >= 4 is 23.2 Å². The van der Waals surface area contributed by atoms with E-state index in [1.807, 2.05) is 44.2 Å². The van der Waals surface area contributed by atoms with Gasteiger partial charge in [-0.05, 0) is 38.1 Å². The van der Waals surface area contributed by atoms with Crippen molar-refractivity contribution in [3.63, 3.8) is 0 Å². The SMILES string of the molecule is Cc1nc(-c2ccccc2)nc(OCC(=O)N(C)c2ccc(Cl)cc2)c1C. The summed E-state index contributed by atoms with van der Waals surface area (Å²) in [5.74, 6) is 0.806. The number of benzene rings is 2. The van der Waals surface area contributed by atoms with Crippen LogP contribution in [0.1, 0.15) is 11.3 Å². The van der Waals surface area contributed by atoms with E-state index in [2.05, 4.69) is 9.97 Å². The molecule has 0 unspecified atom stereocenters. The Morgan fingerprint density at radius 1 is 1.04 bits per heavy atom. The molecule has 0 bridgehead atoms. The Balaban J connectivity index is 1.76. The number of hydrogen-bond acceptors (Lipinski definition) is 4. The third-order valence-electron chi connectivity index (χ3n) is 4.30. The number of hydrogen-bond donors (Lipinski definition) is 0. The standard InChI is InChI=1S/C21H20ClN3O2/c1-14-15(2)23-20(16-7-5-4-6-8-16)24-21(14)27-13-19(26)25(3)18-11-9-17(22)10-12-18/h4-12H,13H2,1-3H3. The van der Waals surface area contributed by atoms with Crippen LogP contribution in [0.25, 0.3) is 11.4 Å². The van der Waals surface area contributed by atoms with Gasteiger partial charge in [0, 0.05) is 34.6 Å². The molecule has 2 aromatic carbocycles. The van der Waals surface area contributed by atoms with Gasteiger partial charge in [0.15, 0.2) is 12.4 Å². The van der Waals surface area contributed by atoms with E-state index in [1.54, 1.807) is 31.3 Å².